The summed E-state index contributed by atoms with van der Waals surface area (Å²) in [5.74, 6) is 0.00404. The number of alkyl halides is 3. The van der Waals surface area contributed by atoms with Gasteiger partial charge in [-0.05, 0) is 36.3 Å². The molecule has 0 aliphatic carbocycles. The summed E-state index contributed by atoms with van der Waals surface area (Å²) in [5, 5.41) is 11.2. The van der Waals surface area contributed by atoms with Crippen LogP contribution in [-0.2, 0) is 15.8 Å². The molecule has 0 saturated carbocycles. The second-order valence-electron chi connectivity index (χ2n) is 9.74. The third-order valence-corrected chi connectivity index (χ3v) is 5.96. The van der Waals surface area contributed by atoms with E-state index in [2.05, 4.69) is 43.2 Å². The van der Waals surface area contributed by atoms with E-state index in [4.69, 9.17) is 0 Å². The molecule has 0 aliphatic heterocycles. The van der Waals surface area contributed by atoms with E-state index in [0.717, 1.165) is 36.3 Å². The van der Waals surface area contributed by atoms with Crippen molar-refractivity contribution in [3.63, 3.8) is 0 Å². The maximum Gasteiger partial charge on any atom is 0.416 e. The molecule has 2 rings (SSSR count). The van der Waals surface area contributed by atoms with Crippen molar-refractivity contribution in [2.75, 3.05) is 18.4 Å². The third kappa shape index (κ3) is 9.04. The smallest absolute Gasteiger partial charge is 0.342 e. The first kappa shape index (κ1) is 27.8. The fourth-order valence-electron chi connectivity index (χ4n) is 3.79. The topological polar surface area (TPSA) is 75.2 Å². The molecule has 1 unspecified atom stereocenters. The van der Waals surface area contributed by atoms with Gasteiger partial charge in [-0.2, -0.15) is 13.2 Å². The van der Waals surface area contributed by atoms with E-state index in [1.54, 1.807) is 4.90 Å². The second kappa shape index (κ2) is 11.8. The summed E-state index contributed by atoms with van der Waals surface area (Å²) in [4.78, 5) is 26.9. The van der Waals surface area contributed by atoms with Gasteiger partial charge in [0.25, 0.3) is 0 Å². The molecule has 1 atom stereocenters. The Labute approximate surface area is 203 Å². The molecule has 1 aromatic heterocycles. The summed E-state index contributed by atoms with van der Waals surface area (Å²) in [6.45, 7) is 11.4. The zero-order valence-corrected chi connectivity index (χ0v) is 21.1. The van der Waals surface area contributed by atoms with Crippen LogP contribution in [0.15, 0.2) is 24.3 Å². The Kier molecular flexibility index (Phi) is 9.61. The van der Waals surface area contributed by atoms with Crippen LogP contribution in [0, 0.1) is 11.3 Å². The van der Waals surface area contributed by atoms with Gasteiger partial charge >= 0.3 is 6.18 Å². The van der Waals surface area contributed by atoms with E-state index in [-0.39, 0.29) is 34.7 Å². The van der Waals surface area contributed by atoms with Crippen molar-refractivity contribution in [1.29, 1.82) is 0 Å². The molecule has 1 heterocycles. The summed E-state index contributed by atoms with van der Waals surface area (Å²) < 4.78 is 38.2. The van der Waals surface area contributed by atoms with Crippen LogP contribution >= 0.6 is 11.3 Å². The fraction of sp³-hybridized carbons (Fsp3) is 0.583. The van der Waals surface area contributed by atoms with Crippen molar-refractivity contribution in [2.45, 2.75) is 66.5 Å². The molecular formula is C24H33F3N4O2S. The van der Waals surface area contributed by atoms with Crippen LogP contribution in [0.25, 0.3) is 10.6 Å². The van der Waals surface area contributed by atoms with E-state index < -0.39 is 11.7 Å². The average Bonchev–Trinajstić information content (AvgIpc) is 3.17. The number of carbonyl (C=O) groups is 2. The lowest BCUT2D eigenvalue weighted by atomic mass is 9.84. The van der Waals surface area contributed by atoms with Crippen molar-refractivity contribution >= 4 is 28.3 Å². The second-order valence-corrected chi connectivity index (χ2v) is 10.7. The summed E-state index contributed by atoms with van der Waals surface area (Å²) in [6.07, 6.45) is -2.10. The predicted octanol–water partition coefficient (Wildman–Crippen LogP) is 6.25. The normalized spacial score (nSPS) is 12.9. The monoisotopic (exact) mass is 498 g/mol. The molecular weight excluding hydrogens is 465 g/mol. The molecule has 0 spiro atoms. The molecule has 2 amide bonds. The van der Waals surface area contributed by atoms with Gasteiger partial charge in [-0.15, -0.1) is 10.2 Å². The molecule has 10 heteroatoms. The predicted molar refractivity (Wildman–Crippen MR) is 128 cm³/mol. The zero-order chi connectivity index (χ0) is 25.5. The van der Waals surface area contributed by atoms with Gasteiger partial charge in [0, 0.05) is 31.5 Å². The number of carbonyl (C=O) groups excluding carboxylic acids is 2. The highest BCUT2D eigenvalue weighted by Gasteiger charge is 2.30. The Morgan fingerprint density at radius 2 is 1.74 bits per heavy atom. The number of hydrogen-bond donors (Lipinski definition) is 1. The Morgan fingerprint density at radius 1 is 1.09 bits per heavy atom. The van der Waals surface area contributed by atoms with Gasteiger partial charge in [-0.1, -0.05) is 58.1 Å². The molecule has 2 aromatic rings. The molecule has 1 aromatic carbocycles. The Bertz CT molecular complexity index is 952. The standard InChI is InChI=1S/C24H33F3N4O2S/c1-6-12-31(20(33)14-16(2)15-23(3,4)5)13-11-19(32)28-22-30-29-21(34-22)17-7-9-18(10-8-17)24(25,26)27/h7-10,16H,6,11-15H2,1-5H3,(H,28,30,32). The van der Waals surface area contributed by atoms with Gasteiger partial charge in [-0.25, -0.2) is 0 Å². The van der Waals surface area contributed by atoms with Crippen LogP contribution in [0.3, 0.4) is 0 Å². The van der Waals surface area contributed by atoms with Crippen LogP contribution in [-0.4, -0.2) is 40.0 Å². The molecule has 6 nitrogen and oxygen atoms in total. The van der Waals surface area contributed by atoms with E-state index in [9.17, 15) is 22.8 Å². The van der Waals surface area contributed by atoms with Crippen LogP contribution in [0.1, 0.15) is 65.9 Å². The minimum absolute atomic E-state index is 0.0481. The first-order valence-electron chi connectivity index (χ1n) is 11.4. The van der Waals surface area contributed by atoms with Crippen LogP contribution < -0.4 is 5.32 Å². The summed E-state index contributed by atoms with van der Waals surface area (Å²) in [6, 6.07) is 4.61. The van der Waals surface area contributed by atoms with Gasteiger partial charge < -0.3 is 10.2 Å². The molecule has 0 fully saturated rings. The highest BCUT2D eigenvalue weighted by molar-refractivity contribution is 7.18. The van der Waals surface area contributed by atoms with Crippen molar-refractivity contribution in [2.24, 2.45) is 11.3 Å². The molecule has 34 heavy (non-hydrogen) atoms. The summed E-state index contributed by atoms with van der Waals surface area (Å²) >= 11 is 1.08. The molecule has 188 valence electrons. The molecule has 0 bridgehead atoms. The molecule has 1 N–H and O–H groups in total. The first-order valence-corrected chi connectivity index (χ1v) is 12.2. The largest absolute Gasteiger partial charge is 0.416 e. The highest BCUT2D eigenvalue weighted by Crippen LogP contribution is 2.32. The summed E-state index contributed by atoms with van der Waals surface area (Å²) in [5.41, 5.74) is -0.112. The lowest BCUT2D eigenvalue weighted by Gasteiger charge is -2.26. The number of nitrogens with zero attached hydrogens (tertiary/aromatic N) is 3. The van der Waals surface area contributed by atoms with Crippen LogP contribution in [0.2, 0.25) is 0 Å². The van der Waals surface area contributed by atoms with E-state index in [0.29, 0.717) is 30.1 Å². The minimum atomic E-state index is -4.41. The van der Waals surface area contributed by atoms with Gasteiger partial charge in [0.2, 0.25) is 16.9 Å². The fourth-order valence-corrected chi connectivity index (χ4v) is 4.55. The maximum absolute atomic E-state index is 12.7. The Balaban J connectivity index is 1.91. The van der Waals surface area contributed by atoms with Gasteiger partial charge in [0.05, 0.1) is 5.56 Å². The van der Waals surface area contributed by atoms with Crippen LogP contribution in [0.4, 0.5) is 18.3 Å². The van der Waals surface area contributed by atoms with Gasteiger partial charge in [-0.3, -0.25) is 9.59 Å². The Hall–Kier alpha value is -2.49. The number of aromatic nitrogens is 2. The number of nitrogens with one attached hydrogen (secondary N) is 1. The maximum atomic E-state index is 12.7. The minimum Gasteiger partial charge on any atom is -0.342 e. The zero-order valence-electron chi connectivity index (χ0n) is 20.3. The highest BCUT2D eigenvalue weighted by atomic mass is 32.1. The van der Waals surface area contributed by atoms with E-state index in [1.807, 2.05) is 6.92 Å². The average molecular weight is 499 g/mol. The number of anilines is 1. The summed E-state index contributed by atoms with van der Waals surface area (Å²) in [7, 11) is 0. The van der Waals surface area contributed by atoms with Crippen molar-refractivity contribution < 1.29 is 22.8 Å². The van der Waals surface area contributed by atoms with Crippen LogP contribution in [0.5, 0.6) is 0 Å². The number of halogens is 3. The number of amides is 2. The lowest BCUT2D eigenvalue weighted by Crippen LogP contribution is -2.35. The van der Waals surface area contributed by atoms with Gasteiger partial charge in [0.1, 0.15) is 5.01 Å². The third-order valence-electron chi connectivity index (χ3n) is 5.07. The SMILES string of the molecule is CCCN(CCC(=O)Nc1nnc(-c2ccc(C(F)(F)F)cc2)s1)C(=O)CC(C)CC(C)(C)C. The van der Waals surface area contributed by atoms with Crippen molar-refractivity contribution in [3.8, 4) is 10.6 Å². The first-order chi connectivity index (χ1) is 15.8. The number of rotatable bonds is 10. The lowest BCUT2D eigenvalue weighted by molar-refractivity contribution is -0.137. The van der Waals surface area contributed by atoms with E-state index >= 15 is 0 Å². The number of benzene rings is 1. The molecule has 0 radical (unpaired) electrons. The van der Waals surface area contributed by atoms with Crippen molar-refractivity contribution in [1.82, 2.24) is 15.1 Å². The Morgan fingerprint density at radius 3 is 2.29 bits per heavy atom. The van der Waals surface area contributed by atoms with Crippen molar-refractivity contribution in [3.05, 3.63) is 29.8 Å². The molecule has 0 saturated heterocycles. The quantitative estimate of drug-likeness (QED) is 0.420. The number of hydrogen-bond acceptors (Lipinski definition) is 5. The molecule has 0 aliphatic rings. The van der Waals surface area contributed by atoms with E-state index in [1.165, 1.54) is 12.1 Å². The van der Waals surface area contributed by atoms with Gasteiger partial charge in [0.15, 0.2) is 0 Å².